The summed E-state index contributed by atoms with van der Waals surface area (Å²) in [5.41, 5.74) is 0.678. The SMILES string of the molecule is CCOC(=O)[C@@H]1CCCN(C(=O)CCCOc2cc(=O)n(C)c3ccccc23)C1. The van der Waals surface area contributed by atoms with Gasteiger partial charge in [-0.2, -0.15) is 0 Å². The summed E-state index contributed by atoms with van der Waals surface area (Å²) < 4.78 is 12.5. The Morgan fingerprint density at radius 3 is 2.83 bits per heavy atom. The number of carbonyl (C=O) groups is 2. The van der Waals surface area contributed by atoms with Gasteiger partial charge in [-0.15, -0.1) is 0 Å². The highest BCUT2D eigenvalue weighted by Gasteiger charge is 2.29. The summed E-state index contributed by atoms with van der Waals surface area (Å²) in [6, 6.07) is 9.06. The van der Waals surface area contributed by atoms with Crippen LogP contribution in [0.5, 0.6) is 5.75 Å². The third-order valence-corrected chi connectivity index (χ3v) is 5.30. The first-order valence-electron chi connectivity index (χ1n) is 10.2. The molecule has 1 amide bonds. The Labute approximate surface area is 170 Å². The number of benzene rings is 1. The molecule has 2 aromatic rings. The van der Waals surface area contributed by atoms with Crippen LogP contribution in [-0.4, -0.2) is 47.6 Å². The van der Waals surface area contributed by atoms with Crippen LogP contribution >= 0.6 is 0 Å². The van der Waals surface area contributed by atoms with Gasteiger partial charge in [0.25, 0.3) is 5.56 Å². The first kappa shape index (κ1) is 20.9. The molecule has 0 bridgehead atoms. The van der Waals surface area contributed by atoms with Crippen LogP contribution in [0.3, 0.4) is 0 Å². The van der Waals surface area contributed by atoms with Gasteiger partial charge < -0.3 is 18.9 Å². The third-order valence-electron chi connectivity index (χ3n) is 5.30. The molecule has 1 aromatic carbocycles. The number of hydrogen-bond donors (Lipinski definition) is 0. The van der Waals surface area contributed by atoms with Gasteiger partial charge in [-0.1, -0.05) is 12.1 Å². The van der Waals surface area contributed by atoms with E-state index < -0.39 is 0 Å². The van der Waals surface area contributed by atoms with E-state index in [0.29, 0.717) is 44.9 Å². The van der Waals surface area contributed by atoms with E-state index in [4.69, 9.17) is 9.47 Å². The maximum absolute atomic E-state index is 12.5. The van der Waals surface area contributed by atoms with E-state index in [9.17, 15) is 14.4 Å². The number of ether oxygens (including phenoxy) is 2. The molecule has 2 heterocycles. The van der Waals surface area contributed by atoms with Gasteiger partial charge in [-0.3, -0.25) is 14.4 Å². The molecule has 0 saturated carbocycles. The summed E-state index contributed by atoms with van der Waals surface area (Å²) in [5.74, 6) is 0.120. The molecule has 1 aliphatic heterocycles. The van der Waals surface area contributed by atoms with Crippen molar-refractivity contribution in [3.8, 4) is 5.75 Å². The van der Waals surface area contributed by atoms with Crippen LogP contribution in [0.1, 0.15) is 32.6 Å². The molecule has 1 aliphatic rings. The maximum Gasteiger partial charge on any atom is 0.310 e. The third kappa shape index (κ3) is 4.96. The van der Waals surface area contributed by atoms with Gasteiger partial charge in [0.15, 0.2) is 0 Å². The minimum atomic E-state index is -0.226. The number of para-hydroxylation sites is 1. The number of aromatic nitrogens is 1. The second-order valence-corrected chi connectivity index (χ2v) is 7.31. The van der Waals surface area contributed by atoms with Crippen molar-refractivity contribution < 1.29 is 19.1 Å². The molecule has 1 atom stereocenters. The standard InChI is InChI=1S/C22H28N2O5/c1-3-28-22(27)16-8-6-12-24(15-16)20(25)11-7-13-29-19-14-21(26)23(2)18-10-5-4-9-17(18)19/h4-5,9-10,14,16H,3,6-8,11-13,15H2,1-2H3/t16-/m1/s1. The van der Waals surface area contributed by atoms with Crippen molar-refractivity contribution in [1.82, 2.24) is 9.47 Å². The van der Waals surface area contributed by atoms with E-state index in [0.717, 1.165) is 23.7 Å². The van der Waals surface area contributed by atoms with E-state index in [1.165, 1.54) is 6.07 Å². The van der Waals surface area contributed by atoms with E-state index in [1.54, 1.807) is 23.4 Å². The van der Waals surface area contributed by atoms with Crippen molar-refractivity contribution in [3.05, 3.63) is 40.7 Å². The minimum absolute atomic E-state index is 0.0245. The molecule has 1 saturated heterocycles. The van der Waals surface area contributed by atoms with Crippen molar-refractivity contribution in [3.63, 3.8) is 0 Å². The monoisotopic (exact) mass is 400 g/mol. The Morgan fingerprint density at radius 2 is 2.03 bits per heavy atom. The Hall–Kier alpha value is -2.83. The second-order valence-electron chi connectivity index (χ2n) is 7.31. The lowest BCUT2D eigenvalue weighted by molar-refractivity contribution is -0.151. The highest BCUT2D eigenvalue weighted by atomic mass is 16.5. The largest absolute Gasteiger partial charge is 0.493 e. The Kier molecular flexibility index (Phi) is 6.90. The lowest BCUT2D eigenvalue weighted by Gasteiger charge is -2.31. The van der Waals surface area contributed by atoms with Crippen LogP contribution in [0.15, 0.2) is 35.1 Å². The van der Waals surface area contributed by atoms with Gasteiger partial charge in [-0.05, 0) is 38.3 Å². The molecule has 3 rings (SSSR count). The topological polar surface area (TPSA) is 77.8 Å². The molecule has 7 nitrogen and oxygen atoms in total. The maximum atomic E-state index is 12.5. The smallest absolute Gasteiger partial charge is 0.310 e. The van der Waals surface area contributed by atoms with Crippen molar-refractivity contribution in [1.29, 1.82) is 0 Å². The zero-order valence-electron chi connectivity index (χ0n) is 17.1. The van der Waals surface area contributed by atoms with E-state index in [-0.39, 0.29) is 23.4 Å². The predicted molar refractivity (Wildman–Crippen MR) is 110 cm³/mol. The van der Waals surface area contributed by atoms with Crippen LogP contribution < -0.4 is 10.3 Å². The van der Waals surface area contributed by atoms with Gasteiger partial charge in [0.1, 0.15) is 5.75 Å². The number of piperidine rings is 1. The molecule has 0 spiro atoms. The quantitative estimate of drug-likeness (QED) is 0.527. The highest BCUT2D eigenvalue weighted by Crippen LogP contribution is 2.23. The van der Waals surface area contributed by atoms with Crippen LogP contribution in [0.4, 0.5) is 0 Å². The first-order valence-corrected chi connectivity index (χ1v) is 10.2. The molecule has 1 fully saturated rings. The van der Waals surface area contributed by atoms with Crippen LogP contribution in [0.2, 0.25) is 0 Å². The highest BCUT2D eigenvalue weighted by molar-refractivity contribution is 5.85. The lowest BCUT2D eigenvalue weighted by Crippen LogP contribution is -2.42. The molecule has 1 aromatic heterocycles. The predicted octanol–water partition coefficient (Wildman–Crippen LogP) is 2.50. The first-order chi connectivity index (χ1) is 14.0. The summed E-state index contributed by atoms with van der Waals surface area (Å²) in [6.07, 6.45) is 2.47. The van der Waals surface area contributed by atoms with Gasteiger partial charge in [0, 0.05) is 38.0 Å². The van der Waals surface area contributed by atoms with E-state index in [1.807, 2.05) is 24.3 Å². The Bertz CT molecular complexity index is 936. The van der Waals surface area contributed by atoms with Gasteiger partial charge >= 0.3 is 5.97 Å². The summed E-state index contributed by atoms with van der Waals surface area (Å²) in [6.45, 7) is 3.60. The summed E-state index contributed by atoms with van der Waals surface area (Å²) >= 11 is 0. The van der Waals surface area contributed by atoms with E-state index >= 15 is 0 Å². The normalized spacial score (nSPS) is 16.6. The van der Waals surface area contributed by atoms with Gasteiger partial charge in [0.2, 0.25) is 5.91 Å². The van der Waals surface area contributed by atoms with Crippen LogP contribution in [-0.2, 0) is 21.4 Å². The molecule has 7 heteroatoms. The average molecular weight is 400 g/mol. The second kappa shape index (κ2) is 9.58. The number of nitrogens with zero attached hydrogens (tertiary/aromatic N) is 2. The fraction of sp³-hybridized carbons (Fsp3) is 0.500. The summed E-state index contributed by atoms with van der Waals surface area (Å²) in [4.78, 5) is 38.3. The number of hydrogen-bond acceptors (Lipinski definition) is 5. The van der Waals surface area contributed by atoms with Crippen molar-refractivity contribution in [2.24, 2.45) is 13.0 Å². The zero-order chi connectivity index (χ0) is 20.8. The molecular weight excluding hydrogens is 372 g/mol. The Morgan fingerprint density at radius 1 is 1.24 bits per heavy atom. The molecular formula is C22H28N2O5. The number of amides is 1. The number of pyridine rings is 1. The van der Waals surface area contributed by atoms with E-state index in [2.05, 4.69) is 0 Å². The lowest BCUT2D eigenvalue weighted by atomic mass is 9.98. The number of likely N-dealkylation sites (tertiary alicyclic amines) is 1. The zero-order valence-corrected chi connectivity index (χ0v) is 17.1. The van der Waals surface area contributed by atoms with Crippen molar-refractivity contribution in [2.75, 3.05) is 26.3 Å². The van der Waals surface area contributed by atoms with Gasteiger partial charge in [-0.25, -0.2) is 0 Å². The Balaban J connectivity index is 1.53. The number of rotatable bonds is 7. The van der Waals surface area contributed by atoms with Crippen LogP contribution in [0, 0.1) is 5.92 Å². The van der Waals surface area contributed by atoms with Gasteiger partial charge in [0.05, 0.1) is 24.6 Å². The summed E-state index contributed by atoms with van der Waals surface area (Å²) in [7, 11) is 1.73. The number of esters is 1. The molecule has 156 valence electrons. The number of carbonyl (C=O) groups excluding carboxylic acids is 2. The number of fused-ring (bicyclic) bond motifs is 1. The van der Waals surface area contributed by atoms with Crippen LogP contribution in [0.25, 0.3) is 10.9 Å². The molecule has 0 radical (unpaired) electrons. The number of aryl methyl sites for hydroxylation is 1. The molecule has 0 unspecified atom stereocenters. The molecule has 29 heavy (non-hydrogen) atoms. The molecule has 0 N–H and O–H groups in total. The minimum Gasteiger partial charge on any atom is -0.493 e. The molecule has 0 aliphatic carbocycles. The average Bonchev–Trinajstić information content (AvgIpc) is 2.74. The van der Waals surface area contributed by atoms with Crippen molar-refractivity contribution in [2.45, 2.75) is 32.6 Å². The fourth-order valence-corrected chi connectivity index (χ4v) is 3.72. The summed E-state index contributed by atoms with van der Waals surface area (Å²) in [5, 5.41) is 0.870. The fourth-order valence-electron chi connectivity index (χ4n) is 3.72. The van der Waals surface area contributed by atoms with Crippen molar-refractivity contribution >= 4 is 22.8 Å².